The third-order valence-electron chi connectivity index (χ3n) is 5.75. The Labute approximate surface area is 171 Å². The molecule has 2 aromatic carbocycles. The molecule has 1 aliphatic rings. The molecular formula is C24H28N2O3. The number of ether oxygens (including phenoxy) is 1. The number of fused-ring (bicyclic) bond motifs is 1. The lowest BCUT2D eigenvalue weighted by Crippen LogP contribution is -2.37. The SMILES string of the molecule is COc1ccc2c(CC(=O)NCC(c3ccc(C)cc3)N3CCCC3)coc2c1. The second-order valence-corrected chi connectivity index (χ2v) is 7.77. The third kappa shape index (κ3) is 4.46. The number of amides is 1. The molecule has 0 bridgehead atoms. The van der Waals surface area contributed by atoms with E-state index in [0.717, 1.165) is 35.4 Å². The molecule has 2 heterocycles. The van der Waals surface area contributed by atoms with Crippen LogP contribution in [0.3, 0.4) is 0 Å². The van der Waals surface area contributed by atoms with E-state index in [1.165, 1.54) is 24.0 Å². The average molecular weight is 392 g/mol. The molecule has 1 aliphatic heterocycles. The van der Waals surface area contributed by atoms with Crippen molar-refractivity contribution in [2.45, 2.75) is 32.2 Å². The Kier molecular flexibility index (Phi) is 5.86. The number of likely N-dealkylation sites (tertiary alicyclic amines) is 1. The van der Waals surface area contributed by atoms with E-state index >= 15 is 0 Å². The predicted molar refractivity (Wildman–Crippen MR) is 114 cm³/mol. The molecule has 4 rings (SSSR count). The highest BCUT2D eigenvalue weighted by Gasteiger charge is 2.24. The van der Waals surface area contributed by atoms with Crippen LogP contribution in [-0.4, -0.2) is 37.6 Å². The molecule has 1 N–H and O–H groups in total. The first kappa shape index (κ1) is 19.5. The largest absolute Gasteiger partial charge is 0.497 e. The normalized spacial score (nSPS) is 15.5. The van der Waals surface area contributed by atoms with E-state index in [0.29, 0.717) is 13.0 Å². The van der Waals surface area contributed by atoms with Crippen molar-refractivity contribution in [3.63, 3.8) is 0 Å². The van der Waals surface area contributed by atoms with Gasteiger partial charge in [0.15, 0.2) is 0 Å². The van der Waals surface area contributed by atoms with Gasteiger partial charge in [-0.2, -0.15) is 0 Å². The van der Waals surface area contributed by atoms with E-state index in [2.05, 4.69) is 41.4 Å². The molecule has 1 unspecified atom stereocenters. The second-order valence-electron chi connectivity index (χ2n) is 7.77. The summed E-state index contributed by atoms with van der Waals surface area (Å²) in [5.41, 5.74) is 4.15. The van der Waals surface area contributed by atoms with Crippen LogP contribution in [0.2, 0.25) is 0 Å². The summed E-state index contributed by atoms with van der Waals surface area (Å²) in [6.45, 7) is 4.89. The number of hydrogen-bond acceptors (Lipinski definition) is 4. The summed E-state index contributed by atoms with van der Waals surface area (Å²) in [4.78, 5) is 15.2. The predicted octanol–water partition coefficient (Wildman–Crippen LogP) is 4.25. The van der Waals surface area contributed by atoms with Gasteiger partial charge in [-0.1, -0.05) is 29.8 Å². The highest BCUT2D eigenvalue weighted by atomic mass is 16.5. The van der Waals surface area contributed by atoms with Crippen molar-refractivity contribution in [3.8, 4) is 5.75 Å². The summed E-state index contributed by atoms with van der Waals surface area (Å²) in [7, 11) is 1.63. The van der Waals surface area contributed by atoms with Crippen molar-refractivity contribution in [3.05, 3.63) is 65.4 Å². The summed E-state index contributed by atoms with van der Waals surface area (Å²) in [6, 6.07) is 14.5. The van der Waals surface area contributed by atoms with Crippen LogP contribution in [0.25, 0.3) is 11.0 Å². The quantitative estimate of drug-likeness (QED) is 0.653. The number of carbonyl (C=O) groups is 1. The monoisotopic (exact) mass is 392 g/mol. The minimum atomic E-state index is 0.0137. The summed E-state index contributed by atoms with van der Waals surface area (Å²) in [6.07, 6.45) is 4.42. The van der Waals surface area contributed by atoms with Gasteiger partial charge in [0.05, 0.1) is 25.8 Å². The maximum atomic E-state index is 12.7. The lowest BCUT2D eigenvalue weighted by atomic mass is 10.0. The van der Waals surface area contributed by atoms with Crippen molar-refractivity contribution in [2.75, 3.05) is 26.7 Å². The number of carbonyl (C=O) groups excluding carboxylic acids is 1. The number of hydrogen-bond donors (Lipinski definition) is 1. The first-order chi connectivity index (χ1) is 14.1. The number of nitrogens with zero attached hydrogens (tertiary/aromatic N) is 1. The van der Waals surface area contributed by atoms with Gasteiger partial charge >= 0.3 is 0 Å². The van der Waals surface area contributed by atoms with Crippen LogP contribution in [0.15, 0.2) is 53.1 Å². The van der Waals surface area contributed by atoms with Crippen LogP contribution in [-0.2, 0) is 11.2 Å². The smallest absolute Gasteiger partial charge is 0.224 e. The summed E-state index contributed by atoms with van der Waals surface area (Å²) < 4.78 is 10.8. The Balaban J connectivity index is 1.43. The Hall–Kier alpha value is -2.79. The van der Waals surface area contributed by atoms with Crippen molar-refractivity contribution in [1.29, 1.82) is 0 Å². The molecule has 3 aromatic rings. The zero-order chi connectivity index (χ0) is 20.2. The summed E-state index contributed by atoms with van der Waals surface area (Å²) in [5.74, 6) is 0.759. The van der Waals surface area contributed by atoms with Crippen molar-refractivity contribution >= 4 is 16.9 Å². The van der Waals surface area contributed by atoms with Gasteiger partial charge in [-0.05, 0) is 50.6 Å². The molecule has 1 amide bonds. The van der Waals surface area contributed by atoms with Gasteiger partial charge in [0.25, 0.3) is 0 Å². The van der Waals surface area contributed by atoms with Crippen molar-refractivity contribution < 1.29 is 13.9 Å². The number of rotatable bonds is 7. The van der Waals surface area contributed by atoms with Crippen LogP contribution >= 0.6 is 0 Å². The first-order valence-electron chi connectivity index (χ1n) is 10.3. The molecule has 1 fully saturated rings. The maximum absolute atomic E-state index is 12.7. The van der Waals surface area contributed by atoms with E-state index < -0.39 is 0 Å². The fraction of sp³-hybridized carbons (Fsp3) is 0.375. The van der Waals surface area contributed by atoms with Gasteiger partial charge in [-0.15, -0.1) is 0 Å². The molecule has 1 atom stereocenters. The standard InChI is InChI=1S/C24H28N2O3/c1-17-5-7-18(8-6-17)22(26-11-3-4-12-26)15-25-24(27)13-19-16-29-23-14-20(28-2)9-10-21(19)23/h5-10,14,16,22H,3-4,11-13,15H2,1-2H3,(H,25,27). The Morgan fingerprint density at radius 2 is 1.93 bits per heavy atom. The molecule has 0 spiro atoms. The maximum Gasteiger partial charge on any atom is 0.224 e. The van der Waals surface area contributed by atoms with Gasteiger partial charge in [-0.3, -0.25) is 9.69 Å². The van der Waals surface area contributed by atoms with E-state index in [9.17, 15) is 4.79 Å². The molecular weight excluding hydrogens is 364 g/mol. The van der Waals surface area contributed by atoms with Gasteiger partial charge in [0.1, 0.15) is 11.3 Å². The number of nitrogens with one attached hydrogen (secondary N) is 1. The lowest BCUT2D eigenvalue weighted by molar-refractivity contribution is -0.120. The summed E-state index contributed by atoms with van der Waals surface area (Å²) >= 11 is 0. The van der Waals surface area contributed by atoms with Gasteiger partial charge < -0.3 is 14.5 Å². The van der Waals surface area contributed by atoms with E-state index in [-0.39, 0.29) is 11.9 Å². The highest BCUT2D eigenvalue weighted by Crippen LogP contribution is 2.27. The topological polar surface area (TPSA) is 54.7 Å². The minimum Gasteiger partial charge on any atom is -0.497 e. The molecule has 0 aliphatic carbocycles. The van der Waals surface area contributed by atoms with Crippen LogP contribution < -0.4 is 10.1 Å². The van der Waals surface area contributed by atoms with Crippen LogP contribution in [0, 0.1) is 6.92 Å². The Bertz CT molecular complexity index is 971. The Morgan fingerprint density at radius 3 is 2.66 bits per heavy atom. The first-order valence-corrected chi connectivity index (χ1v) is 10.3. The molecule has 0 saturated carbocycles. The molecule has 29 heavy (non-hydrogen) atoms. The van der Waals surface area contributed by atoms with Gasteiger partial charge in [0.2, 0.25) is 5.91 Å². The molecule has 1 aromatic heterocycles. The zero-order valence-electron chi connectivity index (χ0n) is 17.1. The van der Waals surface area contributed by atoms with Crippen LogP contribution in [0.1, 0.15) is 35.6 Å². The van der Waals surface area contributed by atoms with Crippen molar-refractivity contribution in [2.24, 2.45) is 0 Å². The number of aryl methyl sites for hydroxylation is 1. The summed E-state index contributed by atoms with van der Waals surface area (Å²) in [5, 5.41) is 4.11. The zero-order valence-corrected chi connectivity index (χ0v) is 17.1. The minimum absolute atomic E-state index is 0.0137. The third-order valence-corrected chi connectivity index (χ3v) is 5.75. The molecule has 1 saturated heterocycles. The van der Waals surface area contributed by atoms with E-state index in [1.54, 1.807) is 13.4 Å². The Morgan fingerprint density at radius 1 is 1.17 bits per heavy atom. The average Bonchev–Trinajstić information content (AvgIpc) is 3.40. The number of furan rings is 1. The number of benzene rings is 2. The molecule has 5 nitrogen and oxygen atoms in total. The van der Waals surface area contributed by atoms with E-state index in [4.69, 9.17) is 9.15 Å². The van der Waals surface area contributed by atoms with E-state index in [1.807, 2.05) is 18.2 Å². The second kappa shape index (κ2) is 8.70. The highest BCUT2D eigenvalue weighted by molar-refractivity contribution is 5.88. The molecule has 5 heteroatoms. The van der Waals surface area contributed by atoms with Crippen LogP contribution in [0.5, 0.6) is 5.75 Å². The molecule has 152 valence electrons. The van der Waals surface area contributed by atoms with Crippen LogP contribution in [0.4, 0.5) is 0 Å². The lowest BCUT2D eigenvalue weighted by Gasteiger charge is -2.28. The van der Waals surface area contributed by atoms with Crippen molar-refractivity contribution in [1.82, 2.24) is 10.2 Å². The fourth-order valence-corrected chi connectivity index (χ4v) is 4.07. The molecule has 0 radical (unpaired) electrons. The number of methoxy groups -OCH3 is 1. The van der Waals surface area contributed by atoms with Gasteiger partial charge in [-0.25, -0.2) is 0 Å². The van der Waals surface area contributed by atoms with Gasteiger partial charge in [0, 0.05) is 23.6 Å². The fourth-order valence-electron chi connectivity index (χ4n) is 4.07.